The zero-order chi connectivity index (χ0) is 17.5. The molecular weight excluding hydrogens is 302 g/mol. The summed E-state index contributed by atoms with van der Waals surface area (Å²) in [6.45, 7) is 6.71. The molecule has 0 radical (unpaired) electrons. The molecule has 1 amide bonds. The predicted molar refractivity (Wildman–Crippen MR) is 96.6 cm³/mol. The van der Waals surface area contributed by atoms with Crippen LogP contribution in [-0.4, -0.2) is 23.2 Å². The minimum Gasteiger partial charge on any atom is -0.385 e. The first-order valence-corrected chi connectivity index (χ1v) is 8.08. The van der Waals surface area contributed by atoms with Crippen LogP contribution in [0.3, 0.4) is 0 Å². The van der Waals surface area contributed by atoms with Crippen molar-refractivity contribution in [3.05, 3.63) is 53.9 Å². The average Bonchev–Trinajstić information content (AvgIpc) is 2.55. The third-order valence-electron chi connectivity index (χ3n) is 3.59. The topological polar surface area (TPSA) is 71.1 Å². The van der Waals surface area contributed by atoms with Crippen molar-refractivity contribution >= 4 is 23.1 Å². The van der Waals surface area contributed by atoms with E-state index < -0.39 is 0 Å². The number of carbonyl (C=O) groups excluding carboxylic acids is 2. The molecule has 0 saturated carbocycles. The molecule has 0 atom stereocenters. The van der Waals surface area contributed by atoms with E-state index >= 15 is 0 Å². The zero-order valence-electron chi connectivity index (χ0n) is 14.3. The van der Waals surface area contributed by atoms with Crippen LogP contribution in [0.5, 0.6) is 0 Å². The molecule has 0 aliphatic carbocycles. The minimum absolute atomic E-state index is 0.00489. The molecule has 0 spiro atoms. The Morgan fingerprint density at radius 3 is 2.42 bits per heavy atom. The van der Waals surface area contributed by atoms with E-state index in [2.05, 4.69) is 29.5 Å². The van der Waals surface area contributed by atoms with Crippen LogP contribution in [0.25, 0.3) is 0 Å². The van der Waals surface area contributed by atoms with E-state index in [1.807, 2.05) is 6.07 Å². The van der Waals surface area contributed by atoms with Crippen LogP contribution in [-0.2, 0) is 0 Å². The molecule has 1 aromatic carbocycles. The van der Waals surface area contributed by atoms with Crippen molar-refractivity contribution in [1.29, 1.82) is 0 Å². The van der Waals surface area contributed by atoms with Gasteiger partial charge in [-0.2, -0.15) is 0 Å². The first-order valence-electron chi connectivity index (χ1n) is 8.08. The molecule has 1 heterocycles. The second-order valence-electron chi connectivity index (χ2n) is 6.13. The first kappa shape index (κ1) is 17.7. The van der Waals surface area contributed by atoms with Gasteiger partial charge in [-0.1, -0.05) is 13.8 Å². The summed E-state index contributed by atoms with van der Waals surface area (Å²) in [5.74, 6) is 0.341. The monoisotopic (exact) mass is 325 g/mol. The van der Waals surface area contributed by atoms with Crippen molar-refractivity contribution in [2.24, 2.45) is 5.92 Å². The van der Waals surface area contributed by atoms with Crippen LogP contribution >= 0.6 is 0 Å². The fourth-order valence-corrected chi connectivity index (χ4v) is 2.15. The molecule has 2 rings (SSSR count). The van der Waals surface area contributed by atoms with Gasteiger partial charge in [-0.05, 0) is 55.7 Å². The number of nitrogens with one attached hydrogen (secondary N) is 2. The number of rotatable bonds is 7. The number of pyridine rings is 1. The number of anilines is 2. The first-order chi connectivity index (χ1) is 11.5. The molecule has 0 aliphatic rings. The maximum atomic E-state index is 12.3. The van der Waals surface area contributed by atoms with Gasteiger partial charge >= 0.3 is 0 Å². The second-order valence-corrected chi connectivity index (χ2v) is 6.13. The van der Waals surface area contributed by atoms with E-state index in [9.17, 15) is 9.59 Å². The predicted octanol–water partition coefficient (Wildman–Crippen LogP) is 3.99. The molecule has 0 aliphatic heterocycles. The molecule has 0 fully saturated rings. The standard InChI is InChI=1S/C19H23N3O2/c1-13(2)8-10-20-17-9-11-21-18(12-17)19(24)22-16-6-4-15(5-7-16)14(3)23/h4-7,9,11-13H,8,10H2,1-3H3,(H,20,21)(H,22,24). The number of nitrogens with zero attached hydrogens (tertiary/aromatic N) is 1. The Bertz CT molecular complexity index is 709. The number of aromatic nitrogens is 1. The summed E-state index contributed by atoms with van der Waals surface area (Å²) >= 11 is 0. The smallest absolute Gasteiger partial charge is 0.274 e. The third kappa shape index (κ3) is 5.19. The van der Waals surface area contributed by atoms with E-state index in [1.54, 1.807) is 36.5 Å². The van der Waals surface area contributed by atoms with E-state index in [0.717, 1.165) is 18.7 Å². The molecule has 0 saturated heterocycles. The van der Waals surface area contributed by atoms with E-state index in [0.29, 0.717) is 22.9 Å². The van der Waals surface area contributed by atoms with Gasteiger partial charge in [0.05, 0.1) is 0 Å². The van der Waals surface area contributed by atoms with E-state index in [-0.39, 0.29) is 11.7 Å². The van der Waals surface area contributed by atoms with Crippen molar-refractivity contribution in [3.63, 3.8) is 0 Å². The Balaban J connectivity index is 2.00. The van der Waals surface area contributed by atoms with E-state index in [1.165, 1.54) is 6.92 Å². The van der Waals surface area contributed by atoms with Gasteiger partial charge in [-0.25, -0.2) is 0 Å². The van der Waals surface area contributed by atoms with Crippen molar-refractivity contribution < 1.29 is 9.59 Å². The summed E-state index contributed by atoms with van der Waals surface area (Å²) in [7, 11) is 0. The normalized spacial score (nSPS) is 10.5. The fourth-order valence-electron chi connectivity index (χ4n) is 2.15. The molecule has 0 unspecified atom stereocenters. The van der Waals surface area contributed by atoms with E-state index in [4.69, 9.17) is 0 Å². The lowest BCUT2D eigenvalue weighted by Gasteiger charge is -2.10. The van der Waals surface area contributed by atoms with Gasteiger partial charge in [0.2, 0.25) is 0 Å². The summed E-state index contributed by atoms with van der Waals surface area (Å²) < 4.78 is 0. The summed E-state index contributed by atoms with van der Waals surface area (Å²) in [5.41, 5.74) is 2.47. The molecule has 1 aromatic heterocycles. The molecule has 5 nitrogen and oxygen atoms in total. The Morgan fingerprint density at radius 1 is 1.08 bits per heavy atom. The van der Waals surface area contributed by atoms with Crippen molar-refractivity contribution in [3.8, 4) is 0 Å². The van der Waals surface area contributed by atoms with Gasteiger partial charge < -0.3 is 10.6 Å². The van der Waals surface area contributed by atoms with Gasteiger partial charge in [0.25, 0.3) is 5.91 Å². The van der Waals surface area contributed by atoms with Crippen LogP contribution in [0.2, 0.25) is 0 Å². The summed E-state index contributed by atoms with van der Waals surface area (Å²) in [5, 5.41) is 6.08. The zero-order valence-corrected chi connectivity index (χ0v) is 14.3. The highest BCUT2D eigenvalue weighted by Crippen LogP contribution is 2.13. The Labute approximate surface area is 142 Å². The number of hydrogen-bond acceptors (Lipinski definition) is 4. The maximum absolute atomic E-state index is 12.3. The molecule has 5 heteroatoms. The molecule has 24 heavy (non-hydrogen) atoms. The van der Waals surface area contributed by atoms with Crippen LogP contribution < -0.4 is 10.6 Å². The SMILES string of the molecule is CC(=O)c1ccc(NC(=O)c2cc(NCCC(C)C)ccn2)cc1. The lowest BCUT2D eigenvalue weighted by atomic mass is 10.1. The molecule has 2 N–H and O–H groups in total. The van der Waals surface area contributed by atoms with Crippen molar-refractivity contribution in [2.45, 2.75) is 27.2 Å². The average molecular weight is 325 g/mol. The van der Waals surface area contributed by atoms with Crippen LogP contribution in [0.15, 0.2) is 42.6 Å². The molecule has 0 bridgehead atoms. The number of amides is 1. The van der Waals surface area contributed by atoms with Gasteiger partial charge in [-0.3, -0.25) is 14.6 Å². The largest absolute Gasteiger partial charge is 0.385 e. The number of benzene rings is 1. The number of Topliss-reactive ketones (excluding diaryl/α,β-unsaturated/α-hetero) is 1. The Kier molecular flexibility index (Phi) is 6.07. The van der Waals surface area contributed by atoms with Crippen molar-refractivity contribution in [2.75, 3.05) is 17.2 Å². The molecular formula is C19H23N3O2. The van der Waals surface area contributed by atoms with Crippen LogP contribution in [0, 0.1) is 5.92 Å². The lowest BCUT2D eigenvalue weighted by molar-refractivity contribution is 0.101. The molecule has 126 valence electrons. The number of hydrogen-bond donors (Lipinski definition) is 2. The third-order valence-corrected chi connectivity index (χ3v) is 3.59. The van der Waals surface area contributed by atoms with Crippen LogP contribution in [0.4, 0.5) is 11.4 Å². The van der Waals surface area contributed by atoms with Gasteiger partial charge in [0.1, 0.15) is 5.69 Å². The maximum Gasteiger partial charge on any atom is 0.274 e. The Hall–Kier alpha value is -2.69. The number of carbonyl (C=O) groups is 2. The van der Waals surface area contributed by atoms with Crippen molar-refractivity contribution in [1.82, 2.24) is 4.98 Å². The number of ketones is 1. The minimum atomic E-state index is -0.280. The van der Waals surface area contributed by atoms with Gasteiger partial charge in [-0.15, -0.1) is 0 Å². The highest BCUT2D eigenvalue weighted by molar-refractivity contribution is 6.03. The lowest BCUT2D eigenvalue weighted by Crippen LogP contribution is -2.14. The van der Waals surface area contributed by atoms with Crippen LogP contribution in [0.1, 0.15) is 48.0 Å². The second kappa shape index (κ2) is 8.24. The summed E-state index contributed by atoms with van der Waals surface area (Å²) in [4.78, 5) is 27.7. The summed E-state index contributed by atoms with van der Waals surface area (Å²) in [6, 6.07) is 10.4. The highest BCUT2D eigenvalue weighted by Gasteiger charge is 2.09. The quantitative estimate of drug-likeness (QED) is 0.755. The molecule has 2 aromatic rings. The van der Waals surface area contributed by atoms with Gasteiger partial charge in [0.15, 0.2) is 5.78 Å². The fraction of sp³-hybridized carbons (Fsp3) is 0.316. The summed E-state index contributed by atoms with van der Waals surface area (Å²) in [6.07, 6.45) is 2.68. The Morgan fingerprint density at radius 2 is 1.79 bits per heavy atom. The highest BCUT2D eigenvalue weighted by atomic mass is 16.2. The van der Waals surface area contributed by atoms with Gasteiger partial charge in [0, 0.05) is 29.7 Å².